The quantitative estimate of drug-likeness (QED) is 0.796. The summed E-state index contributed by atoms with van der Waals surface area (Å²) in [4.78, 5) is 18.7. The number of amides is 1. The molecule has 0 aliphatic carbocycles. The van der Waals surface area contributed by atoms with E-state index in [0.29, 0.717) is 12.1 Å². The van der Waals surface area contributed by atoms with Crippen LogP contribution in [0.2, 0.25) is 0 Å². The molecule has 0 bridgehead atoms. The van der Waals surface area contributed by atoms with Gasteiger partial charge >= 0.3 is 0 Å². The molecule has 25 heavy (non-hydrogen) atoms. The van der Waals surface area contributed by atoms with Crippen molar-refractivity contribution in [3.63, 3.8) is 0 Å². The standard InChI is InChI=1S/C21H19N3O/c25-21(23-13-16-4-3-11-22-12-16)17-7-9-20(10-8-17)24-14-18-5-1-2-6-19(18)15-24/h1-12H,13-15H2,(H,23,25). The van der Waals surface area contributed by atoms with E-state index in [1.54, 1.807) is 12.4 Å². The normalized spacial score (nSPS) is 12.7. The maximum absolute atomic E-state index is 12.3. The van der Waals surface area contributed by atoms with Crippen LogP contribution in [0.4, 0.5) is 5.69 Å². The molecule has 0 atom stereocenters. The number of nitrogens with zero attached hydrogens (tertiary/aromatic N) is 2. The Morgan fingerprint density at radius 3 is 2.32 bits per heavy atom. The van der Waals surface area contributed by atoms with Gasteiger partial charge in [-0.25, -0.2) is 0 Å². The van der Waals surface area contributed by atoms with E-state index < -0.39 is 0 Å². The second kappa shape index (κ2) is 6.77. The Kier molecular flexibility index (Phi) is 4.17. The molecule has 0 spiro atoms. The molecule has 1 N–H and O–H groups in total. The third-order valence-corrected chi connectivity index (χ3v) is 4.51. The van der Waals surface area contributed by atoms with Gasteiger partial charge in [0.2, 0.25) is 0 Å². The van der Waals surface area contributed by atoms with E-state index in [4.69, 9.17) is 0 Å². The molecule has 2 heterocycles. The van der Waals surface area contributed by atoms with Crippen LogP contribution in [0.1, 0.15) is 27.0 Å². The summed E-state index contributed by atoms with van der Waals surface area (Å²) < 4.78 is 0. The van der Waals surface area contributed by atoms with Crippen molar-refractivity contribution >= 4 is 11.6 Å². The first-order valence-corrected chi connectivity index (χ1v) is 8.38. The zero-order valence-corrected chi connectivity index (χ0v) is 13.9. The Bertz CT molecular complexity index is 850. The zero-order valence-electron chi connectivity index (χ0n) is 13.9. The van der Waals surface area contributed by atoms with Gasteiger partial charge in [0.25, 0.3) is 5.91 Å². The molecule has 1 amide bonds. The number of carbonyl (C=O) groups is 1. The Hall–Kier alpha value is -3.14. The minimum absolute atomic E-state index is 0.0693. The van der Waals surface area contributed by atoms with E-state index >= 15 is 0 Å². The number of hydrogen-bond donors (Lipinski definition) is 1. The largest absolute Gasteiger partial charge is 0.363 e. The second-order valence-electron chi connectivity index (χ2n) is 6.22. The molecule has 0 radical (unpaired) electrons. The highest BCUT2D eigenvalue weighted by molar-refractivity contribution is 5.94. The molecule has 0 fully saturated rings. The third kappa shape index (κ3) is 3.38. The van der Waals surface area contributed by atoms with Crippen molar-refractivity contribution in [3.05, 3.63) is 95.3 Å². The van der Waals surface area contributed by atoms with Crippen molar-refractivity contribution in [2.45, 2.75) is 19.6 Å². The second-order valence-corrected chi connectivity index (χ2v) is 6.22. The van der Waals surface area contributed by atoms with Crippen LogP contribution in [0.25, 0.3) is 0 Å². The van der Waals surface area contributed by atoms with Crippen molar-refractivity contribution in [1.82, 2.24) is 10.3 Å². The van der Waals surface area contributed by atoms with Gasteiger partial charge in [0.05, 0.1) is 0 Å². The monoisotopic (exact) mass is 329 g/mol. The fourth-order valence-corrected chi connectivity index (χ4v) is 3.13. The average Bonchev–Trinajstić information content (AvgIpc) is 3.11. The number of nitrogens with one attached hydrogen (secondary N) is 1. The molecular formula is C21H19N3O. The maximum atomic E-state index is 12.3. The molecule has 0 saturated carbocycles. The molecule has 124 valence electrons. The van der Waals surface area contributed by atoms with E-state index in [2.05, 4.69) is 39.5 Å². The highest BCUT2D eigenvalue weighted by atomic mass is 16.1. The predicted octanol–water partition coefficient (Wildman–Crippen LogP) is 3.53. The van der Waals surface area contributed by atoms with E-state index in [1.807, 2.05) is 36.4 Å². The summed E-state index contributed by atoms with van der Waals surface area (Å²) in [6, 6.07) is 20.1. The van der Waals surface area contributed by atoms with E-state index in [9.17, 15) is 4.79 Å². The van der Waals surface area contributed by atoms with Crippen LogP contribution in [0, 0.1) is 0 Å². The average molecular weight is 329 g/mol. The van der Waals surface area contributed by atoms with Crippen LogP contribution in [0.5, 0.6) is 0 Å². The fourth-order valence-electron chi connectivity index (χ4n) is 3.13. The van der Waals surface area contributed by atoms with Crippen molar-refractivity contribution in [2.75, 3.05) is 4.90 Å². The van der Waals surface area contributed by atoms with Crippen LogP contribution in [-0.4, -0.2) is 10.9 Å². The number of benzene rings is 2. The van der Waals surface area contributed by atoms with Crippen molar-refractivity contribution in [2.24, 2.45) is 0 Å². The van der Waals surface area contributed by atoms with Crippen molar-refractivity contribution < 1.29 is 4.79 Å². The topological polar surface area (TPSA) is 45.2 Å². The summed E-state index contributed by atoms with van der Waals surface area (Å²) in [6.45, 7) is 2.32. The number of aromatic nitrogens is 1. The van der Waals surface area contributed by atoms with Crippen molar-refractivity contribution in [3.8, 4) is 0 Å². The summed E-state index contributed by atoms with van der Waals surface area (Å²) in [5.74, 6) is -0.0693. The molecule has 3 aromatic rings. The smallest absolute Gasteiger partial charge is 0.251 e. The number of hydrogen-bond acceptors (Lipinski definition) is 3. The number of carbonyl (C=O) groups excluding carboxylic acids is 1. The Morgan fingerprint density at radius 2 is 1.68 bits per heavy atom. The van der Waals surface area contributed by atoms with Crippen LogP contribution >= 0.6 is 0 Å². The fraction of sp³-hybridized carbons (Fsp3) is 0.143. The molecule has 4 rings (SSSR count). The van der Waals surface area contributed by atoms with Gasteiger partial charge < -0.3 is 10.2 Å². The Balaban J connectivity index is 1.40. The van der Waals surface area contributed by atoms with Crippen LogP contribution in [-0.2, 0) is 19.6 Å². The van der Waals surface area contributed by atoms with Gasteiger partial charge in [-0.3, -0.25) is 9.78 Å². The van der Waals surface area contributed by atoms with Gasteiger partial charge in [-0.05, 0) is 47.0 Å². The van der Waals surface area contributed by atoms with Gasteiger partial charge in [0, 0.05) is 43.3 Å². The predicted molar refractivity (Wildman–Crippen MR) is 98.2 cm³/mol. The molecule has 0 saturated heterocycles. The van der Waals surface area contributed by atoms with Crippen molar-refractivity contribution in [1.29, 1.82) is 0 Å². The van der Waals surface area contributed by atoms with Crippen LogP contribution in [0.15, 0.2) is 73.1 Å². The van der Waals surface area contributed by atoms with Crippen LogP contribution in [0.3, 0.4) is 0 Å². The minimum atomic E-state index is -0.0693. The summed E-state index contributed by atoms with van der Waals surface area (Å²) in [5, 5.41) is 2.93. The SMILES string of the molecule is O=C(NCc1cccnc1)c1ccc(N2Cc3ccccc3C2)cc1. The molecule has 0 unspecified atom stereocenters. The first-order valence-electron chi connectivity index (χ1n) is 8.38. The van der Waals surface area contributed by atoms with E-state index in [0.717, 1.165) is 24.3 Å². The zero-order chi connectivity index (χ0) is 17.1. The molecule has 4 nitrogen and oxygen atoms in total. The molecule has 1 aliphatic rings. The van der Waals surface area contributed by atoms with Gasteiger partial charge in [0.1, 0.15) is 0 Å². The number of rotatable bonds is 4. The molecule has 4 heteroatoms. The number of fused-ring (bicyclic) bond motifs is 1. The summed E-state index contributed by atoms with van der Waals surface area (Å²) >= 11 is 0. The van der Waals surface area contributed by atoms with Gasteiger partial charge in [-0.1, -0.05) is 30.3 Å². The summed E-state index contributed by atoms with van der Waals surface area (Å²) in [7, 11) is 0. The van der Waals surface area contributed by atoms with E-state index in [-0.39, 0.29) is 5.91 Å². The third-order valence-electron chi connectivity index (χ3n) is 4.51. The lowest BCUT2D eigenvalue weighted by molar-refractivity contribution is 0.0951. The highest BCUT2D eigenvalue weighted by Crippen LogP contribution is 2.28. The lowest BCUT2D eigenvalue weighted by Gasteiger charge is -2.18. The number of pyridine rings is 1. The lowest BCUT2D eigenvalue weighted by Crippen LogP contribution is -2.23. The number of anilines is 1. The molecule has 1 aliphatic heterocycles. The van der Waals surface area contributed by atoms with E-state index in [1.165, 1.54) is 11.1 Å². The molecule has 1 aromatic heterocycles. The van der Waals surface area contributed by atoms with Crippen LogP contribution < -0.4 is 10.2 Å². The van der Waals surface area contributed by atoms with Gasteiger partial charge in [-0.15, -0.1) is 0 Å². The Morgan fingerprint density at radius 1 is 0.960 bits per heavy atom. The highest BCUT2D eigenvalue weighted by Gasteiger charge is 2.18. The minimum Gasteiger partial charge on any atom is -0.363 e. The molecular weight excluding hydrogens is 310 g/mol. The Labute approximate surface area is 147 Å². The first-order chi connectivity index (χ1) is 12.3. The summed E-state index contributed by atoms with van der Waals surface area (Å²) in [5.41, 5.74) is 5.55. The van der Waals surface area contributed by atoms with Gasteiger partial charge in [0.15, 0.2) is 0 Å². The summed E-state index contributed by atoms with van der Waals surface area (Å²) in [6.07, 6.45) is 3.48. The lowest BCUT2D eigenvalue weighted by atomic mass is 10.1. The van der Waals surface area contributed by atoms with Gasteiger partial charge in [-0.2, -0.15) is 0 Å². The molecule has 2 aromatic carbocycles. The first kappa shape index (κ1) is 15.4. The maximum Gasteiger partial charge on any atom is 0.251 e.